The van der Waals surface area contributed by atoms with Gasteiger partial charge in [-0.15, -0.1) is 0 Å². The summed E-state index contributed by atoms with van der Waals surface area (Å²) in [5, 5.41) is 42.5. The minimum Gasteiger partial charge on any atom is -0.733 e. The van der Waals surface area contributed by atoms with Gasteiger partial charge in [-0.25, -0.2) is 9.80 Å². The van der Waals surface area contributed by atoms with Gasteiger partial charge in [0.1, 0.15) is 0 Å². The van der Waals surface area contributed by atoms with E-state index in [1.807, 2.05) is 0 Å². The van der Waals surface area contributed by atoms with Gasteiger partial charge in [-0.3, -0.25) is 29.6 Å². The Kier molecular flexibility index (Phi) is 5.62. The van der Waals surface area contributed by atoms with Gasteiger partial charge in [0.05, 0.1) is 46.4 Å². The Bertz CT molecular complexity index is 1590. The van der Waals surface area contributed by atoms with Crippen molar-refractivity contribution < 1.29 is 29.6 Å². The summed E-state index contributed by atoms with van der Waals surface area (Å²) in [5.74, 6) is -7.86. The van der Waals surface area contributed by atoms with Gasteiger partial charge in [0, 0.05) is 11.3 Å². The Hall–Kier alpha value is -4.88. The number of allylic oxidation sites excluding steroid dienone is 2. The second-order valence-corrected chi connectivity index (χ2v) is 10.8. The molecule has 3 aromatic carbocycles. The average Bonchev–Trinajstić information content (AvgIpc) is 3.44. The molecule has 8 rings (SSSR count). The predicted molar refractivity (Wildman–Crippen MR) is 148 cm³/mol. The Labute approximate surface area is 238 Å². The van der Waals surface area contributed by atoms with Crippen LogP contribution < -0.4 is 20.3 Å². The van der Waals surface area contributed by atoms with Gasteiger partial charge in [0.15, 0.2) is 0 Å². The molecule has 3 aliphatic carbocycles. The van der Waals surface area contributed by atoms with Gasteiger partial charge in [0.25, 0.3) is 0 Å². The highest BCUT2D eigenvalue weighted by Crippen LogP contribution is 2.65. The first-order chi connectivity index (χ1) is 20.2. The fourth-order valence-corrected chi connectivity index (χ4v) is 7.58. The third-order valence-corrected chi connectivity index (χ3v) is 9.09. The number of anilines is 4. The van der Waals surface area contributed by atoms with Crippen LogP contribution in [-0.2, 0) is 24.6 Å². The molecular formula is C30H22N4O8-2. The fourth-order valence-electron chi connectivity index (χ4n) is 7.58. The lowest BCUT2D eigenvalue weighted by Gasteiger charge is -2.53. The molecule has 0 spiro atoms. The minimum atomic E-state index is -1.44. The lowest BCUT2D eigenvalue weighted by molar-refractivity contribution is -0.140. The molecule has 12 nitrogen and oxygen atoms in total. The monoisotopic (exact) mass is 566 g/mol. The topological polar surface area (TPSA) is 168 Å². The smallest absolute Gasteiger partial charge is 0.239 e. The van der Waals surface area contributed by atoms with E-state index in [-0.39, 0.29) is 22.7 Å². The Morgan fingerprint density at radius 3 is 1.50 bits per heavy atom. The lowest BCUT2D eigenvalue weighted by atomic mass is 9.45. The van der Waals surface area contributed by atoms with Gasteiger partial charge in [-0.1, -0.05) is 66.7 Å². The zero-order chi connectivity index (χ0) is 29.5. The van der Waals surface area contributed by atoms with E-state index in [1.54, 1.807) is 42.5 Å². The Morgan fingerprint density at radius 2 is 1.05 bits per heavy atom. The molecule has 0 aromatic heterocycles. The molecule has 2 bridgehead atoms. The standard InChI is InChI=1S/C30H22N4O8/c35-26-22-17-14-15-30(16-8-2-1-3-9-16,24(22)28(37)31(26)18-10-4-6-12-20(18)33(39)40)25-23(17)27(36)32(29(25)38)19-11-5-7-13-21(19)34(41)42/h1-15,17,22-25,39,41H/q-2/t17?,22-,23-,24-,25+,30?/m0/s1. The van der Waals surface area contributed by atoms with Gasteiger partial charge in [-0.05, 0) is 29.8 Å². The molecule has 5 aliphatic rings. The van der Waals surface area contributed by atoms with Crippen LogP contribution in [0, 0.1) is 40.0 Å². The normalized spacial score (nSPS) is 29.3. The second kappa shape index (κ2) is 9.06. The number of para-hydroxylation sites is 4. The van der Waals surface area contributed by atoms with Crippen LogP contribution in [0.15, 0.2) is 91.0 Å². The van der Waals surface area contributed by atoms with Crippen molar-refractivity contribution in [3.63, 3.8) is 0 Å². The first kappa shape index (κ1) is 26.0. The Balaban J connectivity index is 1.43. The summed E-state index contributed by atoms with van der Waals surface area (Å²) in [7, 11) is 0. The molecule has 2 aliphatic heterocycles. The summed E-state index contributed by atoms with van der Waals surface area (Å²) in [6.45, 7) is 0. The summed E-state index contributed by atoms with van der Waals surface area (Å²) in [5.41, 5.74) is -1.75. The summed E-state index contributed by atoms with van der Waals surface area (Å²) >= 11 is 0. The van der Waals surface area contributed by atoms with Crippen LogP contribution in [0.4, 0.5) is 22.7 Å². The van der Waals surface area contributed by atoms with Crippen LogP contribution in [-0.4, -0.2) is 34.0 Å². The van der Waals surface area contributed by atoms with E-state index in [0.717, 1.165) is 9.80 Å². The van der Waals surface area contributed by atoms with Gasteiger partial charge < -0.3 is 20.9 Å². The SMILES string of the molecule is O=C1[C@@H]2[C@@H](C(=O)N1c1ccccc1N([O-])O)C1C=CC2(c2ccccc2)[C@H]2C(=O)N(c3ccccc3N([O-])O)C(=O)[C@@H]12. The molecule has 3 fully saturated rings. The molecule has 2 heterocycles. The molecule has 0 radical (unpaired) electrons. The number of carbonyl (C=O) groups excluding carboxylic acids is 4. The molecule has 3 aromatic rings. The van der Waals surface area contributed by atoms with Crippen molar-refractivity contribution in [2.45, 2.75) is 5.41 Å². The molecule has 212 valence electrons. The maximum Gasteiger partial charge on any atom is 0.239 e. The number of hydrogen-bond acceptors (Lipinski definition) is 10. The number of imide groups is 2. The van der Waals surface area contributed by atoms with Gasteiger partial charge >= 0.3 is 0 Å². The van der Waals surface area contributed by atoms with E-state index in [9.17, 15) is 40.0 Å². The summed E-state index contributed by atoms with van der Waals surface area (Å²) in [6, 6.07) is 19.9. The molecule has 6 atom stereocenters. The van der Waals surface area contributed by atoms with Crippen molar-refractivity contribution in [3.05, 3.63) is 107 Å². The molecule has 12 heteroatoms. The molecule has 42 heavy (non-hydrogen) atoms. The quantitative estimate of drug-likeness (QED) is 0.266. The first-order valence-corrected chi connectivity index (χ1v) is 13.2. The zero-order valence-electron chi connectivity index (χ0n) is 21.7. The van der Waals surface area contributed by atoms with Crippen LogP contribution in [0.25, 0.3) is 0 Å². The molecule has 4 amide bonds. The van der Waals surface area contributed by atoms with Gasteiger partial charge in [0.2, 0.25) is 23.6 Å². The second-order valence-electron chi connectivity index (χ2n) is 10.8. The minimum absolute atomic E-state index is 0.112. The predicted octanol–water partition coefficient (Wildman–Crippen LogP) is 3.12. The van der Waals surface area contributed by atoms with Gasteiger partial charge in [-0.2, -0.15) is 0 Å². The van der Waals surface area contributed by atoms with Crippen LogP contribution in [0.5, 0.6) is 0 Å². The van der Waals surface area contributed by atoms with Crippen LogP contribution >= 0.6 is 0 Å². The van der Waals surface area contributed by atoms with E-state index < -0.39 is 69.1 Å². The van der Waals surface area contributed by atoms with Crippen LogP contribution in [0.2, 0.25) is 0 Å². The van der Waals surface area contributed by atoms with Crippen molar-refractivity contribution in [1.82, 2.24) is 0 Å². The molecule has 1 saturated carbocycles. The number of hydrogen-bond donors (Lipinski definition) is 2. The molecule has 2 unspecified atom stereocenters. The van der Waals surface area contributed by atoms with E-state index in [0.29, 0.717) is 5.56 Å². The van der Waals surface area contributed by atoms with Crippen molar-refractivity contribution in [2.24, 2.45) is 29.6 Å². The van der Waals surface area contributed by atoms with Crippen LogP contribution in [0.3, 0.4) is 0 Å². The molecular weight excluding hydrogens is 544 g/mol. The highest BCUT2D eigenvalue weighted by molar-refractivity contribution is 6.28. The largest absolute Gasteiger partial charge is 0.733 e. The van der Waals surface area contributed by atoms with E-state index in [2.05, 4.69) is 0 Å². The number of amides is 4. The van der Waals surface area contributed by atoms with Crippen molar-refractivity contribution in [2.75, 3.05) is 20.3 Å². The molecule has 2 N–H and O–H groups in total. The fraction of sp³-hybridized carbons (Fsp3) is 0.200. The van der Waals surface area contributed by atoms with Crippen LogP contribution in [0.1, 0.15) is 5.56 Å². The third-order valence-electron chi connectivity index (χ3n) is 9.09. The summed E-state index contributed by atoms with van der Waals surface area (Å²) in [6.07, 6.45) is 3.43. The van der Waals surface area contributed by atoms with Crippen molar-refractivity contribution in [1.29, 1.82) is 0 Å². The number of carbonyl (C=O) groups is 4. The van der Waals surface area contributed by atoms with Crippen molar-refractivity contribution in [3.8, 4) is 0 Å². The first-order valence-electron chi connectivity index (χ1n) is 13.2. The maximum atomic E-state index is 14.3. The maximum absolute atomic E-state index is 14.3. The number of benzene rings is 3. The Morgan fingerprint density at radius 1 is 0.619 bits per heavy atom. The van der Waals surface area contributed by atoms with Crippen molar-refractivity contribution >= 4 is 46.4 Å². The van der Waals surface area contributed by atoms with E-state index in [1.165, 1.54) is 48.5 Å². The summed E-state index contributed by atoms with van der Waals surface area (Å²) < 4.78 is 0. The third kappa shape index (κ3) is 3.20. The highest BCUT2D eigenvalue weighted by Gasteiger charge is 2.75. The number of rotatable bonds is 5. The van der Waals surface area contributed by atoms with E-state index in [4.69, 9.17) is 0 Å². The summed E-state index contributed by atoms with van der Waals surface area (Å²) in [4.78, 5) is 58.7. The number of nitrogens with zero attached hydrogens (tertiary/aromatic N) is 4. The highest BCUT2D eigenvalue weighted by atomic mass is 16.8. The lowest BCUT2D eigenvalue weighted by Crippen LogP contribution is -2.60. The average molecular weight is 567 g/mol. The van der Waals surface area contributed by atoms with E-state index >= 15 is 0 Å². The zero-order valence-corrected chi connectivity index (χ0v) is 21.7. The molecule has 2 saturated heterocycles.